The number of benzene rings is 1. The van der Waals surface area contributed by atoms with Crippen molar-refractivity contribution >= 4 is 11.9 Å². The first kappa shape index (κ1) is 12.9. The Morgan fingerprint density at radius 3 is 1.60 bits per heavy atom. The fourth-order valence-corrected chi connectivity index (χ4v) is 0.677. The molecule has 1 rings (SSSR count). The second-order valence-electron chi connectivity index (χ2n) is 2.66. The SMILES string of the molecule is Cc1ccccc1.O=C(O)/C=C\C(=O)O. The summed E-state index contributed by atoms with van der Waals surface area (Å²) in [7, 11) is 0. The van der Waals surface area contributed by atoms with E-state index in [1.54, 1.807) is 0 Å². The molecule has 0 unspecified atom stereocenters. The average Bonchev–Trinajstić information content (AvgIpc) is 2.17. The number of hydrogen-bond donors (Lipinski definition) is 2. The molecular formula is C11H12O4. The molecule has 0 saturated heterocycles. The van der Waals surface area contributed by atoms with E-state index in [1.165, 1.54) is 5.56 Å². The molecule has 0 aliphatic rings. The Labute approximate surface area is 87.5 Å². The van der Waals surface area contributed by atoms with Crippen LogP contribution in [0.1, 0.15) is 5.56 Å². The van der Waals surface area contributed by atoms with Crippen LogP contribution >= 0.6 is 0 Å². The Bertz CT molecular complexity index is 325. The van der Waals surface area contributed by atoms with Crippen molar-refractivity contribution in [2.75, 3.05) is 0 Å². The van der Waals surface area contributed by atoms with E-state index < -0.39 is 11.9 Å². The van der Waals surface area contributed by atoms with Gasteiger partial charge in [-0.15, -0.1) is 0 Å². The highest BCUT2D eigenvalue weighted by Crippen LogP contribution is 1.92. The average molecular weight is 208 g/mol. The van der Waals surface area contributed by atoms with E-state index in [-0.39, 0.29) is 0 Å². The van der Waals surface area contributed by atoms with E-state index in [0.29, 0.717) is 12.2 Å². The van der Waals surface area contributed by atoms with Crippen molar-refractivity contribution in [1.29, 1.82) is 0 Å². The summed E-state index contributed by atoms with van der Waals surface area (Å²) in [5.41, 5.74) is 1.32. The molecule has 0 aromatic heterocycles. The highest BCUT2D eigenvalue weighted by Gasteiger charge is 1.88. The van der Waals surface area contributed by atoms with Crippen molar-refractivity contribution in [3.05, 3.63) is 48.0 Å². The van der Waals surface area contributed by atoms with Crippen LogP contribution in [-0.4, -0.2) is 22.2 Å². The number of carboxylic acid groups (broad SMARTS) is 2. The monoisotopic (exact) mass is 208 g/mol. The molecular weight excluding hydrogens is 196 g/mol. The number of aliphatic carboxylic acids is 2. The second-order valence-corrected chi connectivity index (χ2v) is 2.66. The van der Waals surface area contributed by atoms with Crippen LogP contribution in [-0.2, 0) is 9.59 Å². The first-order chi connectivity index (χ1) is 7.02. The first-order valence-electron chi connectivity index (χ1n) is 4.18. The summed E-state index contributed by atoms with van der Waals surface area (Å²) in [6.07, 6.45) is 1.12. The fourth-order valence-electron chi connectivity index (χ4n) is 0.677. The van der Waals surface area contributed by atoms with Gasteiger partial charge in [-0.25, -0.2) is 9.59 Å². The summed E-state index contributed by atoms with van der Waals surface area (Å²) in [5.74, 6) is -2.51. The Hall–Kier alpha value is -2.10. The summed E-state index contributed by atoms with van der Waals surface area (Å²) in [4.78, 5) is 19.1. The Morgan fingerprint density at radius 1 is 1.00 bits per heavy atom. The summed E-state index contributed by atoms with van der Waals surface area (Å²) in [5, 5.41) is 15.6. The second kappa shape index (κ2) is 7.32. The van der Waals surface area contributed by atoms with Crippen molar-refractivity contribution in [3.63, 3.8) is 0 Å². The minimum atomic E-state index is -1.26. The molecule has 0 heterocycles. The molecule has 0 aliphatic carbocycles. The maximum Gasteiger partial charge on any atom is 0.328 e. The largest absolute Gasteiger partial charge is 0.478 e. The van der Waals surface area contributed by atoms with Crippen LogP contribution in [0.2, 0.25) is 0 Å². The van der Waals surface area contributed by atoms with E-state index >= 15 is 0 Å². The maximum absolute atomic E-state index is 9.55. The van der Waals surface area contributed by atoms with Gasteiger partial charge in [0.05, 0.1) is 0 Å². The fraction of sp³-hybridized carbons (Fsp3) is 0.0909. The predicted molar refractivity (Wildman–Crippen MR) is 55.6 cm³/mol. The van der Waals surface area contributed by atoms with Gasteiger partial charge in [0.15, 0.2) is 0 Å². The maximum atomic E-state index is 9.55. The van der Waals surface area contributed by atoms with Crippen LogP contribution in [0.4, 0.5) is 0 Å². The van der Waals surface area contributed by atoms with Crippen LogP contribution < -0.4 is 0 Å². The molecule has 0 saturated carbocycles. The Morgan fingerprint density at radius 2 is 1.40 bits per heavy atom. The molecule has 2 N–H and O–H groups in total. The number of carbonyl (C=O) groups is 2. The molecule has 1 aromatic rings. The van der Waals surface area contributed by atoms with Gasteiger partial charge in [-0.05, 0) is 6.92 Å². The minimum absolute atomic E-state index is 0.558. The number of aryl methyl sites for hydroxylation is 1. The molecule has 0 spiro atoms. The van der Waals surface area contributed by atoms with Crippen LogP contribution in [0.25, 0.3) is 0 Å². The van der Waals surface area contributed by atoms with Gasteiger partial charge in [-0.2, -0.15) is 0 Å². The molecule has 4 heteroatoms. The van der Waals surface area contributed by atoms with Crippen molar-refractivity contribution in [3.8, 4) is 0 Å². The Kier molecular flexibility index (Phi) is 6.29. The van der Waals surface area contributed by atoms with Crippen LogP contribution in [0.5, 0.6) is 0 Å². The number of carboxylic acids is 2. The molecule has 0 fully saturated rings. The number of rotatable bonds is 2. The molecule has 15 heavy (non-hydrogen) atoms. The Balaban J connectivity index is 0.000000262. The van der Waals surface area contributed by atoms with E-state index in [1.807, 2.05) is 18.2 Å². The highest BCUT2D eigenvalue weighted by atomic mass is 16.4. The van der Waals surface area contributed by atoms with Gasteiger partial charge < -0.3 is 10.2 Å². The molecule has 1 aromatic carbocycles. The third-order valence-corrected chi connectivity index (χ3v) is 1.31. The van der Waals surface area contributed by atoms with Gasteiger partial charge in [-0.3, -0.25) is 0 Å². The van der Waals surface area contributed by atoms with Gasteiger partial charge in [0.2, 0.25) is 0 Å². The first-order valence-corrected chi connectivity index (χ1v) is 4.18. The molecule has 0 aliphatic heterocycles. The zero-order valence-electron chi connectivity index (χ0n) is 8.25. The van der Waals surface area contributed by atoms with Gasteiger partial charge >= 0.3 is 11.9 Å². The minimum Gasteiger partial charge on any atom is -0.478 e. The lowest BCUT2D eigenvalue weighted by Crippen LogP contribution is -1.91. The van der Waals surface area contributed by atoms with E-state index in [9.17, 15) is 9.59 Å². The van der Waals surface area contributed by atoms with Crippen molar-refractivity contribution in [2.45, 2.75) is 6.92 Å². The highest BCUT2D eigenvalue weighted by molar-refractivity contribution is 5.89. The summed E-state index contributed by atoms with van der Waals surface area (Å²) in [6, 6.07) is 10.3. The van der Waals surface area contributed by atoms with E-state index in [4.69, 9.17) is 10.2 Å². The molecule has 0 atom stereocenters. The third kappa shape index (κ3) is 9.82. The van der Waals surface area contributed by atoms with Gasteiger partial charge in [0.25, 0.3) is 0 Å². The van der Waals surface area contributed by atoms with E-state index in [2.05, 4.69) is 19.1 Å². The molecule has 80 valence electrons. The summed E-state index contributed by atoms with van der Waals surface area (Å²) >= 11 is 0. The smallest absolute Gasteiger partial charge is 0.328 e. The molecule has 4 nitrogen and oxygen atoms in total. The quantitative estimate of drug-likeness (QED) is 0.725. The summed E-state index contributed by atoms with van der Waals surface area (Å²) < 4.78 is 0. The van der Waals surface area contributed by atoms with Crippen molar-refractivity contribution in [1.82, 2.24) is 0 Å². The van der Waals surface area contributed by atoms with Crippen molar-refractivity contribution < 1.29 is 19.8 Å². The van der Waals surface area contributed by atoms with Gasteiger partial charge in [0, 0.05) is 12.2 Å². The van der Waals surface area contributed by atoms with Crippen LogP contribution in [0, 0.1) is 6.92 Å². The lowest BCUT2D eigenvalue weighted by Gasteiger charge is -1.82. The lowest BCUT2D eigenvalue weighted by molar-refractivity contribution is -0.134. The van der Waals surface area contributed by atoms with Crippen molar-refractivity contribution in [2.24, 2.45) is 0 Å². The lowest BCUT2D eigenvalue weighted by atomic mass is 10.2. The standard InChI is InChI=1S/C7H8.C4H4O4/c1-7-5-3-2-4-6-7;5-3(6)1-2-4(7)8/h2-6H,1H3;1-2H,(H,5,6)(H,7,8)/b;2-1-. The molecule has 0 bridgehead atoms. The molecule has 0 radical (unpaired) electrons. The third-order valence-electron chi connectivity index (χ3n) is 1.31. The van der Waals surface area contributed by atoms with Crippen LogP contribution in [0.15, 0.2) is 42.5 Å². The molecule has 0 amide bonds. The van der Waals surface area contributed by atoms with Gasteiger partial charge in [0.1, 0.15) is 0 Å². The number of hydrogen-bond acceptors (Lipinski definition) is 2. The zero-order valence-corrected chi connectivity index (χ0v) is 8.25. The van der Waals surface area contributed by atoms with E-state index in [0.717, 1.165) is 0 Å². The normalized spacial score (nSPS) is 9.13. The summed E-state index contributed by atoms with van der Waals surface area (Å²) in [6.45, 7) is 2.08. The van der Waals surface area contributed by atoms with Crippen LogP contribution in [0.3, 0.4) is 0 Å². The predicted octanol–water partition coefficient (Wildman–Crippen LogP) is 1.71. The topological polar surface area (TPSA) is 74.6 Å². The van der Waals surface area contributed by atoms with Gasteiger partial charge in [-0.1, -0.05) is 35.9 Å². The zero-order chi connectivity index (χ0) is 11.7.